The summed E-state index contributed by atoms with van der Waals surface area (Å²) < 4.78 is 0. The van der Waals surface area contributed by atoms with E-state index in [0.29, 0.717) is 0 Å². The zero-order valence-corrected chi connectivity index (χ0v) is 7.22. The molecule has 1 rings (SSSR count). The minimum Gasteiger partial charge on any atom is -0.320 e. The molecule has 2 N–H and O–H groups in total. The maximum absolute atomic E-state index is 11.1. The highest BCUT2D eigenvalue weighted by Gasteiger charge is 2.27. The molecule has 4 nitrogen and oxygen atoms in total. The molecule has 0 aromatic heterocycles. The van der Waals surface area contributed by atoms with Crippen molar-refractivity contribution < 1.29 is 4.79 Å². The average Bonchev–Trinajstić information content (AvgIpc) is 2.28. The molecule has 1 aliphatic rings. The van der Waals surface area contributed by atoms with E-state index in [2.05, 4.69) is 17.7 Å². The van der Waals surface area contributed by atoms with Crippen LogP contribution in [0.25, 0.3) is 0 Å². The number of hydrazine groups is 1. The standard InChI is InChI=1S/C7H15N3O/c1-4-5(2)10-7(11)8-6(3)9-10/h5-6,9H,4H2,1-3H3,(H,8,11). The van der Waals surface area contributed by atoms with Gasteiger partial charge in [0.15, 0.2) is 0 Å². The number of carbonyl (C=O) groups is 1. The largest absolute Gasteiger partial charge is 0.333 e. The van der Waals surface area contributed by atoms with E-state index in [0.717, 1.165) is 6.42 Å². The average molecular weight is 157 g/mol. The zero-order valence-electron chi connectivity index (χ0n) is 7.22. The van der Waals surface area contributed by atoms with Gasteiger partial charge < -0.3 is 5.32 Å². The van der Waals surface area contributed by atoms with E-state index in [-0.39, 0.29) is 18.2 Å². The van der Waals surface area contributed by atoms with Crippen LogP contribution in [0.1, 0.15) is 27.2 Å². The third-order valence-electron chi connectivity index (χ3n) is 1.92. The van der Waals surface area contributed by atoms with Crippen LogP contribution < -0.4 is 10.7 Å². The van der Waals surface area contributed by atoms with Crippen molar-refractivity contribution in [2.75, 3.05) is 0 Å². The molecule has 0 bridgehead atoms. The topological polar surface area (TPSA) is 44.4 Å². The Balaban J connectivity index is 2.52. The first-order valence-corrected chi connectivity index (χ1v) is 4.01. The Labute approximate surface area is 66.9 Å². The van der Waals surface area contributed by atoms with Crippen molar-refractivity contribution in [3.63, 3.8) is 0 Å². The molecule has 0 saturated carbocycles. The van der Waals surface area contributed by atoms with Gasteiger partial charge in [0, 0.05) is 6.04 Å². The van der Waals surface area contributed by atoms with Crippen LogP contribution in [0.15, 0.2) is 0 Å². The van der Waals surface area contributed by atoms with Gasteiger partial charge in [-0.25, -0.2) is 10.2 Å². The van der Waals surface area contributed by atoms with E-state index in [9.17, 15) is 4.79 Å². The van der Waals surface area contributed by atoms with Gasteiger partial charge in [-0.3, -0.25) is 5.01 Å². The minimum absolute atomic E-state index is 0.0214. The van der Waals surface area contributed by atoms with Crippen LogP contribution in [0.3, 0.4) is 0 Å². The fourth-order valence-electron chi connectivity index (χ4n) is 1.06. The number of hydrogen-bond acceptors (Lipinski definition) is 2. The van der Waals surface area contributed by atoms with Crippen LogP contribution in [0.2, 0.25) is 0 Å². The summed E-state index contributed by atoms with van der Waals surface area (Å²) in [4.78, 5) is 11.1. The number of rotatable bonds is 2. The summed E-state index contributed by atoms with van der Waals surface area (Å²) in [5, 5.41) is 4.40. The highest BCUT2D eigenvalue weighted by molar-refractivity contribution is 5.76. The number of nitrogens with one attached hydrogen (secondary N) is 2. The van der Waals surface area contributed by atoms with Crippen molar-refractivity contribution in [1.29, 1.82) is 0 Å². The molecule has 0 aromatic carbocycles. The van der Waals surface area contributed by atoms with Gasteiger partial charge in [-0.15, -0.1) is 0 Å². The molecule has 2 amide bonds. The molecule has 0 radical (unpaired) electrons. The normalized spacial score (nSPS) is 27.0. The van der Waals surface area contributed by atoms with E-state index in [1.807, 2.05) is 13.8 Å². The number of urea groups is 1. The number of carbonyl (C=O) groups excluding carboxylic acids is 1. The summed E-state index contributed by atoms with van der Waals surface area (Å²) in [6.07, 6.45) is 1.03. The van der Waals surface area contributed by atoms with Crippen molar-refractivity contribution in [2.45, 2.75) is 39.4 Å². The summed E-state index contributed by atoms with van der Waals surface area (Å²) in [6.45, 7) is 5.99. The second kappa shape index (κ2) is 3.09. The summed E-state index contributed by atoms with van der Waals surface area (Å²) in [6, 6.07) is 0.242. The Morgan fingerprint density at radius 3 is 2.73 bits per heavy atom. The van der Waals surface area contributed by atoms with Crippen molar-refractivity contribution in [3.8, 4) is 0 Å². The molecule has 1 aliphatic heterocycles. The number of hydrogen-bond donors (Lipinski definition) is 2. The SMILES string of the molecule is CCC(C)N1NC(C)NC1=O. The van der Waals surface area contributed by atoms with Crippen LogP contribution in [0, 0.1) is 0 Å². The van der Waals surface area contributed by atoms with Gasteiger partial charge in [0.1, 0.15) is 0 Å². The van der Waals surface area contributed by atoms with Crippen LogP contribution >= 0.6 is 0 Å². The fourth-order valence-corrected chi connectivity index (χ4v) is 1.06. The molecule has 64 valence electrons. The van der Waals surface area contributed by atoms with Crippen LogP contribution in [-0.4, -0.2) is 23.2 Å². The van der Waals surface area contributed by atoms with Gasteiger partial charge in [0.05, 0.1) is 6.17 Å². The lowest BCUT2D eigenvalue weighted by atomic mass is 10.2. The Hall–Kier alpha value is -0.770. The summed E-state index contributed by atoms with van der Waals surface area (Å²) >= 11 is 0. The molecule has 1 heterocycles. The summed E-state index contributed by atoms with van der Waals surface area (Å²) in [5.41, 5.74) is 3.03. The monoisotopic (exact) mass is 157 g/mol. The maximum Gasteiger partial charge on any atom is 0.333 e. The quantitative estimate of drug-likeness (QED) is 0.618. The molecule has 0 spiro atoms. The first-order chi connectivity index (χ1) is 5.15. The second-order valence-corrected chi connectivity index (χ2v) is 2.93. The van der Waals surface area contributed by atoms with Gasteiger partial charge >= 0.3 is 6.03 Å². The van der Waals surface area contributed by atoms with Crippen molar-refractivity contribution >= 4 is 6.03 Å². The van der Waals surface area contributed by atoms with Crippen molar-refractivity contribution in [2.24, 2.45) is 0 Å². The molecule has 11 heavy (non-hydrogen) atoms. The van der Waals surface area contributed by atoms with Gasteiger partial charge in [0.2, 0.25) is 0 Å². The third kappa shape index (κ3) is 1.63. The second-order valence-electron chi connectivity index (χ2n) is 2.93. The molecule has 1 saturated heterocycles. The molecular weight excluding hydrogens is 142 g/mol. The van der Waals surface area contributed by atoms with Crippen LogP contribution in [-0.2, 0) is 0 Å². The van der Waals surface area contributed by atoms with Crippen molar-refractivity contribution in [1.82, 2.24) is 15.8 Å². The lowest BCUT2D eigenvalue weighted by Gasteiger charge is -2.21. The molecule has 4 heteroatoms. The summed E-state index contributed by atoms with van der Waals surface area (Å²) in [7, 11) is 0. The highest BCUT2D eigenvalue weighted by Crippen LogP contribution is 2.05. The Kier molecular flexibility index (Phi) is 2.34. The van der Waals surface area contributed by atoms with Crippen molar-refractivity contribution in [3.05, 3.63) is 0 Å². The van der Waals surface area contributed by atoms with Gasteiger partial charge in [-0.1, -0.05) is 6.92 Å². The van der Waals surface area contributed by atoms with E-state index < -0.39 is 0 Å². The van der Waals surface area contributed by atoms with Gasteiger partial charge in [0.25, 0.3) is 0 Å². The molecule has 2 atom stereocenters. The molecular formula is C7H15N3O. The molecule has 0 aromatic rings. The van der Waals surface area contributed by atoms with Gasteiger partial charge in [-0.2, -0.15) is 0 Å². The van der Waals surface area contributed by atoms with Crippen LogP contribution in [0.4, 0.5) is 4.79 Å². The predicted molar refractivity (Wildman–Crippen MR) is 42.7 cm³/mol. The number of nitrogens with zero attached hydrogens (tertiary/aromatic N) is 1. The first-order valence-electron chi connectivity index (χ1n) is 4.01. The third-order valence-corrected chi connectivity index (χ3v) is 1.92. The first kappa shape index (κ1) is 8.33. The predicted octanol–water partition coefficient (Wildman–Crippen LogP) is 0.661. The minimum atomic E-state index is -0.0214. The smallest absolute Gasteiger partial charge is 0.320 e. The van der Waals surface area contributed by atoms with E-state index in [1.54, 1.807) is 5.01 Å². The van der Waals surface area contributed by atoms with E-state index in [1.165, 1.54) is 0 Å². The highest BCUT2D eigenvalue weighted by atomic mass is 16.2. The van der Waals surface area contributed by atoms with Gasteiger partial charge in [-0.05, 0) is 20.3 Å². The van der Waals surface area contributed by atoms with E-state index in [4.69, 9.17) is 0 Å². The summed E-state index contributed by atoms with van der Waals surface area (Å²) in [5.74, 6) is 0. The Morgan fingerprint density at radius 1 is 1.73 bits per heavy atom. The number of amides is 2. The van der Waals surface area contributed by atoms with Crippen LogP contribution in [0.5, 0.6) is 0 Å². The molecule has 0 aliphatic carbocycles. The van der Waals surface area contributed by atoms with E-state index >= 15 is 0 Å². The zero-order chi connectivity index (χ0) is 8.43. The maximum atomic E-state index is 11.1. The fraction of sp³-hybridized carbons (Fsp3) is 0.857. The lowest BCUT2D eigenvalue weighted by molar-refractivity contribution is 0.170. The molecule has 2 unspecified atom stereocenters. The Morgan fingerprint density at radius 2 is 2.36 bits per heavy atom. The molecule has 1 fully saturated rings. The Bertz CT molecular complexity index is 160. The lowest BCUT2D eigenvalue weighted by Crippen LogP contribution is -2.42.